The lowest BCUT2D eigenvalue weighted by molar-refractivity contribution is -0.159. The van der Waals surface area contributed by atoms with Gasteiger partial charge in [-0.1, -0.05) is 19.8 Å². The van der Waals surface area contributed by atoms with Crippen molar-refractivity contribution in [1.82, 2.24) is 0 Å². The summed E-state index contributed by atoms with van der Waals surface area (Å²) in [6.45, 7) is 7.60. The van der Waals surface area contributed by atoms with E-state index in [1.807, 2.05) is 0 Å². The lowest BCUT2D eigenvalue weighted by Crippen LogP contribution is -2.23. The molecule has 1 heterocycles. The van der Waals surface area contributed by atoms with Crippen LogP contribution in [0, 0.1) is 5.41 Å². The summed E-state index contributed by atoms with van der Waals surface area (Å²) in [4.78, 5) is 21.2. The van der Waals surface area contributed by atoms with E-state index in [0.29, 0.717) is 12.7 Å². The first-order valence-electron chi connectivity index (χ1n) is 8.07. The molecular formula is C15H29O6PS. The molecule has 0 radical (unpaired) electrons. The molecule has 0 aromatic rings. The van der Waals surface area contributed by atoms with Crippen molar-refractivity contribution in [2.45, 2.75) is 72.0 Å². The first-order valence-corrected chi connectivity index (χ1v) is 10.6. The Balaban J connectivity index is 2.04. The average molecular weight is 368 g/mol. The van der Waals surface area contributed by atoms with Gasteiger partial charge in [0.05, 0.1) is 35.9 Å². The molecule has 3 atom stereocenters. The standard InChI is InChI=1S/C15H29O6PS/c1-5-6-7-12-8-9-13(21-12)10-20-23-22(17)19-11-18-14(16)15(2,3)4/h12-13,17H,5-11H2,1-4H3. The van der Waals surface area contributed by atoms with E-state index in [1.165, 1.54) is 12.8 Å². The Kier molecular flexibility index (Phi) is 9.97. The highest BCUT2D eigenvalue weighted by atomic mass is 32.7. The summed E-state index contributed by atoms with van der Waals surface area (Å²) in [6, 6.07) is 0. The molecule has 1 fully saturated rings. The fraction of sp³-hybridized carbons (Fsp3) is 0.933. The van der Waals surface area contributed by atoms with E-state index in [-0.39, 0.29) is 18.9 Å². The second-order valence-corrected chi connectivity index (χ2v) is 9.13. The summed E-state index contributed by atoms with van der Waals surface area (Å²) >= 11 is 0.868. The van der Waals surface area contributed by atoms with Crippen LogP contribution in [0.3, 0.4) is 0 Å². The van der Waals surface area contributed by atoms with Gasteiger partial charge in [-0.2, -0.15) is 0 Å². The summed E-state index contributed by atoms with van der Waals surface area (Å²) in [5, 5.41) is 0. The molecule has 1 N–H and O–H groups in total. The first-order chi connectivity index (χ1) is 10.8. The van der Waals surface area contributed by atoms with Crippen LogP contribution in [0.4, 0.5) is 0 Å². The number of rotatable bonds is 10. The summed E-state index contributed by atoms with van der Waals surface area (Å²) in [6.07, 6.45) is 5.98. The van der Waals surface area contributed by atoms with Crippen LogP contribution in [0.1, 0.15) is 59.8 Å². The van der Waals surface area contributed by atoms with Gasteiger partial charge in [0.15, 0.2) is 6.79 Å². The fourth-order valence-electron chi connectivity index (χ4n) is 2.06. The van der Waals surface area contributed by atoms with Crippen LogP contribution in [0.25, 0.3) is 0 Å². The van der Waals surface area contributed by atoms with Crippen molar-refractivity contribution in [3.05, 3.63) is 0 Å². The number of ether oxygens (including phenoxy) is 2. The van der Waals surface area contributed by atoms with Gasteiger partial charge in [-0.05, 0) is 40.0 Å². The molecule has 0 aliphatic carbocycles. The molecule has 1 aliphatic heterocycles. The second kappa shape index (κ2) is 10.9. The van der Waals surface area contributed by atoms with E-state index in [9.17, 15) is 9.69 Å². The Labute approximate surface area is 144 Å². The SMILES string of the molecule is CCCCC1CCC(COSP(O)OCOC(=O)C(C)(C)C)O1. The highest BCUT2D eigenvalue weighted by molar-refractivity contribution is 8.50. The Bertz CT molecular complexity index is 349. The van der Waals surface area contributed by atoms with Gasteiger partial charge in [-0.25, -0.2) is 0 Å². The molecular weight excluding hydrogens is 339 g/mol. The Hall–Kier alpha value is 0.0900. The molecule has 3 unspecified atom stereocenters. The third-order valence-electron chi connectivity index (χ3n) is 3.41. The molecule has 0 saturated carbocycles. The first kappa shape index (κ1) is 21.1. The van der Waals surface area contributed by atoms with Gasteiger partial charge in [0, 0.05) is 0 Å². The Morgan fingerprint density at radius 2 is 2.04 bits per heavy atom. The van der Waals surface area contributed by atoms with E-state index in [1.54, 1.807) is 20.8 Å². The molecule has 0 bridgehead atoms. The molecule has 1 aliphatic rings. The summed E-state index contributed by atoms with van der Waals surface area (Å²) < 4.78 is 21.2. The van der Waals surface area contributed by atoms with E-state index >= 15 is 0 Å². The molecule has 8 heteroatoms. The van der Waals surface area contributed by atoms with Crippen molar-refractivity contribution in [3.63, 3.8) is 0 Å². The minimum Gasteiger partial charge on any atom is -0.438 e. The molecule has 1 rings (SSSR count). The van der Waals surface area contributed by atoms with E-state index < -0.39 is 13.0 Å². The maximum absolute atomic E-state index is 11.5. The molecule has 6 nitrogen and oxygen atoms in total. The number of carbonyl (C=O) groups excluding carboxylic acids is 1. The highest BCUT2D eigenvalue weighted by Crippen LogP contribution is 2.47. The van der Waals surface area contributed by atoms with Crippen LogP contribution in [0.15, 0.2) is 0 Å². The van der Waals surface area contributed by atoms with Crippen LogP contribution in [-0.2, 0) is 23.0 Å². The normalized spacial score (nSPS) is 23.0. The lowest BCUT2D eigenvalue weighted by Gasteiger charge is -2.17. The molecule has 0 amide bonds. The smallest absolute Gasteiger partial charge is 0.313 e. The quantitative estimate of drug-likeness (QED) is 0.268. The number of esters is 1. The van der Waals surface area contributed by atoms with Gasteiger partial charge >= 0.3 is 5.97 Å². The largest absolute Gasteiger partial charge is 0.438 e. The molecule has 0 aromatic heterocycles. The zero-order chi connectivity index (χ0) is 17.3. The predicted molar refractivity (Wildman–Crippen MR) is 91.6 cm³/mol. The predicted octanol–water partition coefficient (Wildman–Crippen LogP) is 4.17. The molecule has 1 saturated heterocycles. The van der Waals surface area contributed by atoms with Crippen LogP contribution >= 0.6 is 19.2 Å². The van der Waals surface area contributed by atoms with Crippen molar-refractivity contribution >= 4 is 25.2 Å². The van der Waals surface area contributed by atoms with Crippen LogP contribution in [-0.4, -0.2) is 36.5 Å². The minimum atomic E-state index is -1.83. The van der Waals surface area contributed by atoms with Gasteiger partial charge in [-0.3, -0.25) is 9.32 Å². The van der Waals surface area contributed by atoms with Gasteiger partial charge in [-0.15, -0.1) is 0 Å². The summed E-state index contributed by atoms with van der Waals surface area (Å²) in [7, 11) is -1.83. The Morgan fingerprint density at radius 3 is 2.70 bits per heavy atom. The third kappa shape index (κ3) is 9.22. The van der Waals surface area contributed by atoms with Crippen molar-refractivity contribution in [3.8, 4) is 0 Å². The van der Waals surface area contributed by atoms with Gasteiger partial charge in [0.1, 0.15) is 0 Å². The summed E-state index contributed by atoms with van der Waals surface area (Å²) in [5.41, 5.74) is -0.584. The zero-order valence-electron chi connectivity index (χ0n) is 14.4. The molecule has 0 aromatic carbocycles. The second-order valence-electron chi connectivity index (χ2n) is 6.63. The molecule has 0 spiro atoms. The monoisotopic (exact) mass is 368 g/mol. The summed E-state index contributed by atoms with van der Waals surface area (Å²) in [5.74, 6) is -0.371. The highest BCUT2D eigenvalue weighted by Gasteiger charge is 2.26. The van der Waals surface area contributed by atoms with Crippen LogP contribution in [0.2, 0.25) is 0 Å². The van der Waals surface area contributed by atoms with E-state index in [0.717, 1.165) is 30.9 Å². The van der Waals surface area contributed by atoms with Gasteiger partial charge < -0.3 is 18.6 Å². The van der Waals surface area contributed by atoms with Crippen molar-refractivity contribution in [2.75, 3.05) is 13.4 Å². The van der Waals surface area contributed by atoms with Crippen molar-refractivity contribution in [2.24, 2.45) is 5.41 Å². The maximum atomic E-state index is 11.5. The zero-order valence-corrected chi connectivity index (χ0v) is 16.2. The number of hydrogen-bond donors (Lipinski definition) is 1. The minimum absolute atomic E-state index is 0.0893. The third-order valence-corrected chi connectivity index (χ3v) is 5.12. The number of unbranched alkanes of at least 4 members (excludes halogenated alkanes) is 1. The van der Waals surface area contributed by atoms with Crippen LogP contribution in [0.5, 0.6) is 0 Å². The number of carbonyl (C=O) groups is 1. The molecule has 23 heavy (non-hydrogen) atoms. The number of hydrogen-bond acceptors (Lipinski definition) is 7. The fourth-order valence-corrected chi connectivity index (χ4v) is 3.26. The van der Waals surface area contributed by atoms with E-state index in [4.69, 9.17) is 18.2 Å². The van der Waals surface area contributed by atoms with E-state index in [2.05, 4.69) is 6.92 Å². The van der Waals surface area contributed by atoms with Crippen molar-refractivity contribution < 1.29 is 27.9 Å². The lowest BCUT2D eigenvalue weighted by atomic mass is 9.98. The van der Waals surface area contributed by atoms with Gasteiger partial charge in [0.2, 0.25) is 0 Å². The molecule has 136 valence electrons. The topological polar surface area (TPSA) is 74.2 Å². The Morgan fingerprint density at radius 1 is 1.35 bits per heavy atom. The maximum Gasteiger partial charge on any atom is 0.313 e. The van der Waals surface area contributed by atoms with Crippen molar-refractivity contribution in [1.29, 1.82) is 0 Å². The van der Waals surface area contributed by atoms with Gasteiger partial charge in [0.25, 0.3) is 7.58 Å². The average Bonchev–Trinajstić information content (AvgIpc) is 2.92. The van der Waals surface area contributed by atoms with Crippen LogP contribution < -0.4 is 0 Å².